The minimum Gasteiger partial charge on any atom is -0.378 e. The first-order valence-electron chi connectivity index (χ1n) is 9.10. The lowest BCUT2D eigenvalue weighted by Crippen LogP contribution is -2.40. The number of halogens is 1. The molecule has 1 heterocycles. The third kappa shape index (κ3) is 6.46. The van der Waals surface area contributed by atoms with Gasteiger partial charge < -0.3 is 9.64 Å². The van der Waals surface area contributed by atoms with Crippen LogP contribution in [0, 0.1) is 0 Å². The van der Waals surface area contributed by atoms with E-state index in [4.69, 9.17) is 4.74 Å². The zero-order valence-electron chi connectivity index (χ0n) is 15.4. The third-order valence-corrected chi connectivity index (χ3v) is 7.02. The van der Waals surface area contributed by atoms with E-state index in [-0.39, 0.29) is 6.10 Å². The lowest BCUT2D eigenvalue weighted by Gasteiger charge is -2.31. The molecule has 0 radical (unpaired) electrons. The molecule has 0 aliphatic carbocycles. The summed E-state index contributed by atoms with van der Waals surface area (Å²) < 4.78 is 33.7. The summed E-state index contributed by atoms with van der Waals surface area (Å²) in [7, 11) is -1.32. The van der Waals surface area contributed by atoms with Crippen LogP contribution in [-0.4, -0.2) is 63.6 Å². The van der Waals surface area contributed by atoms with Gasteiger partial charge in [-0.15, -0.1) is 6.58 Å². The molecule has 0 aromatic heterocycles. The van der Waals surface area contributed by atoms with Crippen molar-refractivity contribution >= 4 is 26.0 Å². The second-order valence-corrected chi connectivity index (χ2v) is 9.54. The van der Waals surface area contributed by atoms with Gasteiger partial charge in [0.05, 0.1) is 11.0 Å². The molecule has 1 aliphatic heterocycles. The quantitative estimate of drug-likeness (QED) is 0.409. The maximum Gasteiger partial charge on any atom is 0.243 e. The van der Waals surface area contributed by atoms with Gasteiger partial charge in [-0.3, -0.25) is 0 Å². The first-order chi connectivity index (χ1) is 12.4. The van der Waals surface area contributed by atoms with Crippen molar-refractivity contribution in [3.05, 3.63) is 41.4 Å². The van der Waals surface area contributed by atoms with Crippen molar-refractivity contribution in [2.75, 3.05) is 39.8 Å². The first kappa shape index (κ1) is 21.6. The Morgan fingerprint density at radius 1 is 1.27 bits per heavy atom. The second-order valence-electron chi connectivity index (χ2n) is 6.69. The number of ether oxygens (including phenoxy) is 1. The Morgan fingerprint density at radius 3 is 2.54 bits per heavy atom. The summed E-state index contributed by atoms with van der Waals surface area (Å²) in [5, 5.41) is 0. The van der Waals surface area contributed by atoms with E-state index in [9.17, 15) is 8.42 Å². The molecule has 7 heteroatoms. The summed E-state index contributed by atoms with van der Waals surface area (Å²) in [6.45, 7) is 7.47. The average Bonchev–Trinajstić information content (AvgIpc) is 2.62. The molecular formula is C19H29BrN2O3S. The second kappa shape index (κ2) is 10.6. The smallest absolute Gasteiger partial charge is 0.243 e. The Morgan fingerprint density at radius 2 is 1.92 bits per heavy atom. The van der Waals surface area contributed by atoms with Gasteiger partial charge in [0.15, 0.2) is 0 Å². The Hall–Kier alpha value is -0.730. The summed E-state index contributed by atoms with van der Waals surface area (Å²) in [6.07, 6.45) is 5.71. The molecule has 1 saturated heterocycles. The minimum absolute atomic E-state index is 0.164. The topological polar surface area (TPSA) is 49.9 Å². The first-order valence-corrected chi connectivity index (χ1v) is 11.3. The molecule has 0 N–H and O–H groups in total. The van der Waals surface area contributed by atoms with Crippen LogP contribution >= 0.6 is 15.9 Å². The van der Waals surface area contributed by atoms with Crippen LogP contribution in [-0.2, 0) is 14.8 Å². The molecule has 5 nitrogen and oxygen atoms in total. The lowest BCUT2D eigenvalue weighted by atomic mass is 10.1. The minimum atomic E-state index is -3.40. The van der Waals surface area contributed by atoms with Gasteiger partial charge in [-0.25, -0.2) is 8.42 Å². The fraction of sp³-hybridized carbons (Fsp3) is 0.579. The van der Waals surface area contributed by atoms with Crippen LogP contribution in [0.25, 0.3) is 0 Å². The Kier molecular flexibility index (Phi) is 8.76. The normalized spacial score (nSPS) is 16.9. The van der Waals surface area contributed by atoms with E-state index in [1.807, 2.05) is 6.08 Å². The molecule has 26 heavy (non-hydrogen) atoms. The van der Waals surface area contributed by atoms with Crippen molar-refractivity contribution in [3.8, 4) is 0 Å². The molecule has 0 bridgehead atoms. The number of benzene rings is 1. The number of rotatable bonds is 10. The summed E-state index contributed by atoms with van der Waals surface area (Å²) in [5.41, 5.74) is 0. The van der Waals surface area contributed by atoms with E-state index in [0.29, 0.717) is 18.0 Å². The molecule has 0 saturated carbocycles. The Balaban J connectivity index is 1.70. The molecule has 1 aromatic rings. The van der Waals surface area contributed by atoms with Gasteiger partial charge in [-0.05, 0) is 63.5 Å². The van der Waals surface area contributed by atoms with Crippen molar-refractivity contribution in [3.63, 3.8) is 0 Å². The van der Waals surface area contributed by atoms with Crippen molar-refractivity contribution in [1.29, 1.82) is 0 Å². The predicted octanol–water partition coefficient (Wildman–Crippen LogP) is 3.52. The van der Waals surface area contributed by atoms with E-state index in [1.165, 1.54) is 0 Å². The zero-order valence-corrected chi connectivity index (χ0v) is 17.8. The molecule has 0 spiro atoms. The van der Waals surface area contributed by atoms with Crippen LogP contribution in [0.2, 0.25) is 0 Å². The van der Waals surface area contributed by atoms with Crippen molar-refractivity contribution < 1.29 is 13.2 Å². The monoisotopic (exact) mass is 444 g/mol. The van der Waals surface area contributed by atoms with E-state index in [0.717, 1.165) is 49.9 Å². The largest absolute Gasteiger partial charge is 0.378 e. The number of nitrogens with zero attached hydrogens (tertiary/aromatic N) is 2. The van der Waals surface area contributed by atoms with Gasteiger partial charge in [0.25, 0.3) is 0 Å². The van der Waals surface area contributed by atoms with Gasteiger partial charge >= 0.3 is 0 Å². The van der Waals surface area contributed by atoms with E-state index in [2.05, 4.69) is 34.5 Å². The van der Waals surface area contributed by atoms with E-state index in [1.54, 1.807) is 28.6 Å². The van der Waals surface area contributed by atoms with E-state index >= 15 is 0 Å². The fourth-order valence-electron chi connectivity index (χ4n) is 3.04. The summed E-state index contributed by atoms with van der Waals surface area (Å²) in [6, 6.07) is 6.81. The highest BCUT2D eigenvalue weighted by molar-refractivity contribution is 9.10. The van der Waals surface area contributed by atoms with Crippen molar-refractivity contribution in [2.45, 2.75) is 36.7 Å². The molecular weight excluding hydrogens is 416 g/mol. The highest BCUT2D eigenvalue weighted by Gasteiger charge is 2.29. The fourth-order valence-corrected chi connectivity index (χ4v) is 4.77. The van der Waals surface area contributed by atoms with Gasteiger partial charge in [-0.2, -0.15) is 4.31 Å². The number of unbranched alkanes of at least 4 members (excludes halogenated alkanes) is 1. The highest BCUT2D eigenvalue weighted by atomic mass is 79.9. The predicted molar refractivity (Wildman–Crippen MR) is 109 cm³/mol. The Bertz CT molecular complexity index is 656. The maximum atomic E-state index is 12.7. The zero-order chi connectivity index (χ0) is 19.0. The van der Waals surface area contributed by atoms with Gasteiger partial charge in [0.2, 0.25) is 10.0 Å². The van der Waals surface area contributed by atoms with Crippen LogP contribution in [0.15, 0.2) is 46.3 Å². The van der Waals surface area contributed by atoms with Gasteiger partial charge in [0, 0.05) is 30.7 Å². The van der Waals surface area contributed by atoms with Gasteiger partial charge in [-0.1, -0.05) is 22.0 Å². The summed E-state index contributed by atoms with van der Waals surface area (Å²) in [4.78, 5) is 2.59. The SMILES string of the molecule is C=CCN(C)CCCCOC1CCN(S(=O)(=O)c2ccc(Br)cc2)CC1. The van der Waals surface area contributed by atoms with Gasteiger partial charge in [0.1, 0.15) is 0 Å². The number of hydrogen-bond acceptors (Lipinski definition) is 4. The molecule has 0 amide bonds. The molecule has 1 fully saturated rings. The van der Waals surface area contributed by atoms with E-state index < -0.39 is 10.0 Å². The van der Waals surface area contributed by atoms with Crippen LogP contribution in [0.5, 0.6) is 0 Å². The molecule has 1 aromatic carbocycles. The van der Waals surface area contributed by atoms with Crippen LogP contribution < -0.4 is 0 Å². The molecule has 0 atom stereocenters. The maximum absolute atomic E-state index is 12.7. The highest BCUT2D eigenvalue weighted by Crippen LogP contribution is 2.23. The van der Waals surface area contributed by atoms with Crippen molar-refractivity contribution in [1.82, 2.24) is 9.21 Å². The Labute approximate surface area is 166 Å². The number of piperidine rings is 1. The number of hydrogen-bond donors (Lipinski definition) is 0. The molecule has 1 aliphatic rings. The van der Waals surface area contributed by atoms with Crippen LogP contribution in [0.1, 0.15) is 25.7 Å². The number of sulfonamides is 1. The standard InChI is InChI=1S/C19H29BrN2O3S/c1-3-12-21(2)13-4-5-16-25-18-10-14-22(15-11-18)26(23,24)19-8-6-17(20)7-9-19/h3,6-9,18H,1,4-5,10-16H2,2H3. The third-order valence-electron chi connectivity index (χ3n) is 4.58. The lowest BCUT2D eigenvalue weighted by molar-refractivity contribution is 0.0188. The summed E-state index contributed by atoms with van der Waals surface area (Å²) in [5.74, 6) is 0. The average molecular weight is 445 g/mol. The molecule has 2 rings (SSSR count). The molecule has 146 valence electrons. The van der Waals surface area contributed by atoms with Crippen LogP contribution in [0.3, 0.4) is 0 Å². The molecule has 0 unspecified atom stereocenters. The number of likely N-dealkylation sites (N-methyl/N-ethyl adjacent to an activating group) is 1. The summed E-state index contributed by atoms with van der Waals surface area (Å²) >= 11 is 3.33. The van der Waals surface area contributed by atoms with Crippen LogP contribution in [0.4, 0.5) is 0 Å². The van der Waals surface area contributed by atoms with Crippen molar-refractivity contribution in [2.24, 2.45) is 0 Å².